The number of nitrogens with one attached hydrogen (secondary N) is 2. The largest absolute Gasteiger partial charge is 0.363 e. The highest BCUT2D eigenvalue weighted by Crippen LogP contribution is 2.31. The summed E-state index contributed by atoms with van der Waals surface area (Å²) in [5.41, 5.74) is 2.51. The molecule has 2 rings (SSSR count). The molecule has 0 amide bonds. The molecule has 22 heavy (non-hydrogen) atoms. The van der Waals surface area contributed by atoms with Crippen molar-refractivity contribution in [3.05, 3.63) is 64.7 Å². The maximum absolute atomic E-state index is 9.49. The van der Waals surface area contributed by atoms with E-state index in [1.165, 1.54) is 0 Å². The minimum absolute atomic E-state index is 0.386. The van der Waals surface area contributed by atoms with Gasteiger partial charge >= 0.3 is 0 Å². The average molecular weight is 330 g/mol. The molecule has 0 aliphatic rings. The van der Waals surface area contributed by atoms with Gasteiger partial charge in [0.15, 0.2) is 5.11 Å². The van der Waals surface area contributed by atoms with Crippen LogP contribution >= 0.6 is 23.8 Å². The summed E-state index contributed by atoms with van der Waals surface area (Å²) in [7, 11) is 0. The summed E-state index contributed by atoms with van der Waals surface area (Å²) in [6.07, 6.45) is 0. The Morgan fingerprint density at radius 3 is 2.59 bits per heavy atom. The lowest BCUT2D eigenvalue weighted by molar-refractivity contribution is 0.979. The molecule has 0 aromatic heterocycles. The van der Waals surface area contributed by atoms with Crippen molar-refractivity contribution in [2.45, 2.75) is 12.8 Å². The number of nitrogens with zero attached hydrogens (tertiary/aromatic N) is 1. The highest BCUT2D eigenvalue weighted by atomic mass is 35.5. The van der Waals surface area contributed by atoms with Crippen molar-refractivity contribution < 1.29 is 0 Å². The Morgan fingerprint density at radius 2 is 2.00 bits per heavy atom. The van der Waals surface area contributed by atoms with Crippen LogP contribution in [-0.2, 0) is 0 Å². The highest BCUT2D eigenvalue weighted by Gasteiger charge is 2.16. The van der Waals surface area contributed by atoms with Gasteiger partial charge in [0.2, 0.25) is 0 Å². The number of anilines is 1. The lowest BCUT2D eigenvalue weighted by atomic mass is 9.92. The van der Waals surface area contributed by atoms with Crippen LogP contribution in [0.15, 0.2) is 48.5 Å². The van der Waals surface area contributed by atoms with E-state index < -0.39 is 0 Å². The number of benzene rings is 2. The van der Waals surface area contributed by atoms with Crippen molar-refractivity contribution in [3.8, 4) is 6.07 Å². The summed E-state index contributed by atoms with van der Waals surface area (Å²) < 4.78 is 0. The van der Waals surface area contributed by atoms with Crippen LogP contribution in [0.4, 0.5) is 5.69 Å². The van der Waals surface area contributed by atoms with Gasteiger partial charge in [-0.05, 0) is 42.4 Å². The number of hydrogen-bond donors (Lipinski definition) is 2. The van der Waals surface area contributed by atoms with Crippen LogP contribution in [0.5, 0.6) is 0 Å². The van der Waals surface area contributed by atoms with E-state index in [0.717, 1.165) is 23.4 Å². The molecule has 0 unspecified atom stereocenters. The van der Waals surface area contributed by atoms with E-state index in [0.29, 0.717) is 10.1 Å². The molecule has 1 atom stereocenters. The first kappa shape index (κ1) is 16.3. The maximum Gasteiger partial charge on any atom is 0.170 e. The quantitative estimate of drug-likeness (QED) is 0.821. The first-order chi connectivity index (χ1) is 10.7. The molecule has 2 aromatic carbocycles. The zero-order valence-electron chi connectivity index (χ0n) is 12.1. The standard InChI is InChI=1S/C17H16ClN3S/c1-2-20-17(22)21-13-8-9-14(16(18)10-13)15(11-19)12-6-4-3-5-7-12/h3-10,15H,2H2,1H3,(H2,20,21,22)/t15-/m1/s1. The van der Waals surface area contributed by atoms with E-state index in [1.54, 1.807) is 6.07 Å². The normalized spacial score (nSPS) is 11.3. The van der Waals surface area contributed by atoms with E-state index in [2.05, 4.69) is 16.7 Å². The molecule has 0 radical (unpaired) electrons. The average Bonchev–Trinajstić information content (AvgIpc) is 2.51. The summed E-state index contributed by atoms with van der Waals surface area (Å²) in [5, 5.41) is 16.6. The van der Waals surface area contributed by atoms with Crippen molar-refractivity contribution in [2.24, 2.45) is 0 Å². The van der Waals surface area contributed by atoms with Crippen LogP contribution < -0.4 is 10.6 Å². The van der Waals surface area contributed by atoms with Crippen molar-refractivity contribution in [1.82, 2.24) is 5.32 Å². The molecule has 0 saturated heterocycles. The third-order valence-corrected chi connectivity index (χ3v) is 3.74. The zero-order valence-corrected chi connectivity index (χ0v) is 13.7. The molecule has 0 heterocycles. The number of rotatable bonds is 4. The summed E-state index contributed by atoms with van der Waals surface area (Å²) in [6.45, 7) is 2.73. The van der Waals surface area contributed by atoms with Gasteiger partial charge in [-0.2, -0.15) is 5.26 Å². The second-order valence-electron chi connectivity index (χ2n) is 4.69. The maximum atomic E-state index is 9.49. The molecule has 0 aliphatic heterocycles. The van der Waals surface area contributed by atoms with Gasteiger partial charge in [0.25, 0.3) is 0 Å². The number of thiocarbonyl (C=S) groups is 1. The van der Waals surface area contributed by atoms with E-state index in [4.69, 9.17) is 23.8 Å². The van der Waals surface area contributed by atoms with Crippen LogP contribution in [0.25, 0.3) is 0 Å². The van der Waals surface area contributed by atoms with Gasteiger partial charge in [-0.1, -0.05) is 48.0 Å². The Balaban J connectivity index is 2.26. The molecule has 2 aromatic rings. The van der Waals surface area contributed by atoms with Gasteiger partial charge in [0, 0.05) is 17.3 Å². The van der Waals surface area contributed by atoms with Crippen molar-refractivity contribution in [3.63, 3.8) is 0 Å². The Bertz CT molecular complexity index is 695. The third-order valence-electron chi connectivity index (χ3n) is 3.17. The van der Waals surface area contributed by atoms with Crippen LogP contribution in [-0.4, -0.2) is 11.7 Å². The van der Waals surface area contributed by atoms with Gasteiger partial charge in [-0.3, -0.25) is 0 Å². The molecule has 5 heteroatoms. The Kier molecular flexibility index (Phi) is 5.76. The predicted molar refractivity (Wildman–Crippen MR) is 95.2 cm³/mol. The summed E-state index contributed by atoms with van der Waals surface area (Å²) in [5.74, 6) is -0.386. The van der Waals surface area contributed by atoms with E-state index >= 15 is 0 Å². The van der Waals surface area contributed by atoms with Crippen molar-refractivity contribution in [1.29, 1.82) is 5.26 Å². The first-order valence-electron chi connectivity index (χ1n) is 6.94. The fourth-order valence-electron chi connectivity index (χ4n) is 2.14. The van der Waals surface area contributed by atoms with Crippen LogP contribution in [0.2, 0.25) is 5.02 Å². The van der Waals surface area contributed by atoms with Gasteiger partial charge in [-0.15, -0.1) is 0 Å². The smallest absolute Gasteiger partial charge is 0.170 e. The SMILES string of the molecule is CCNC(=S)Nc1ccc([C@H](C#N)c2ccccc2)c(Cl)c1. The third kappa shape index (κ3) is 3.97. The lowest BCUT2D eigenvalue weighted by Crippen LogP contribution is -2.27. The first-order valence-corrected chi connectivity index (χ1v) is 7.73. The Morgan fingerprint density at radius 1 is 1.27 bits per heavy atom. The van der Waals surface area contributed by atoms with Crippen LogP contribution in [0.1, 0.15) is 24.0 Å². The molecular weight excluding hydrogens is 314 g/mol. The minimum atomic E-state index is -0.386. The van der Waals surface area contributed by atoms with Gasteiger partial charge in [0.05, 0.1) is 12.0 Å². The van der Waals surface area contributed by atoms with E-state index in [-0.39, 0.29) is 5.92 Å². The summed E-state index contributed by atoms with van der Waals surface area (Å²) >= 11 is 11.5. The van der Waals surface area contributed by atoms with Crippen LogP contribution in [0.3, 0.4) is 0 Å². The molecule has 0 spiro atoms. The molecule has 0 saturated carbocycles. The van der Waals surface area contributed by atoms with Gasteiger partial charge in [0.1, 0.15) is 0 Å². The summed E-state index contributed by atoms with van der Waals surface area (Å²) in [4.78, 5) is 0. The zero-order chi connectivity index (χ0) is 15.9. The number of hydrogen-bond acceptors (Lipinski definition) is 2. The molecule has 0 fully saturated rings. The molecular formula is C17H16ClN3S. The van der Waals surface area contributed by atoms with Crippen LogP contribution in [0, 0.1) is 11.3 Å². The molecule has 0 aliphatic carbocycles. The number of halogens is 1. The molecule has 3 nitrogen and oxygen atoms in total. The Hall–Kier alpha value is -2.09. The van der Waals surface area contributed by atoms with Crippen molar-refractivity contribution in [2.75, 3.05) is 11.9 Å². The molecule has 0 bridgehead atoms. The fourth-order valence-corrected chi connectivity index (χ4v) is 2.70. The van der Waals surface area contributed by atoms with E-state index in [1.807, 2.05) is 49.4 Å². The molecule has 2 N–H and O–H groups in total. The fraction of sp³-hybridized carbons (Fsp3) is 0.176. The number of nitriles is 1. The molecule has 112 valence electrons. The summed E-state index contributed by atoms with van der Waals surface area (Å²) in [6, 6.07) is 17.4. The lowest BCUT2D eigenvalue weighted by Gasteiger charge is -2.14. The van der Waals surface area contributed by atoms with Gasteiger partial charge < -0.3 is 10.6 Å². The second-order valence-corrected chi connectivity index (χ2v) is 5.51. The monoisotopic (exact) mass is 329 g/mol. The topological polar surface area (TPSA) is 47.8 Å². The van der Waals surface area contributed by atoms with Crippen molar-refractivity contribution >= 4 is 34.6 Å². The Labute approximate surface area is 140 Å². The minimum Gasteiger partial charge on any atom is -0.363 e. The van der Waals surface area contributed by atoms with E-state index in [9.17, 15) is 5.26 Å². The highest BCUT2D eigenvalue weighted by molar-refractivity contribution is 7.80. The second kappa shape index (κ2) is 7.79. The predicted octanol–water partition coefficient (Wildman–Crippen LogP) is 4.30. The van der Waals surface area contributed by atoms with Gasteiger partial charge in [-0.25, -0.2) is 0 Å².